The summed E-state index contributed by atoms with van der Waals surface area (Å²) in [7, 11) is 3.28. The van der Waals surface area contributed by atoms with Gasteiger partial charge in [0.25, 0.3) is 0 Å². The van der Waals surface area contributed by atoms with Crippen molar-refractivity contribution < 1.29 is 19.4 Å². The van der Waals surface area contributed by atoms with Crippen molar-refractivity contribution in [2.75, 3.05) is 20.8 Å². The Bertz CT molecular complexity index is 1020. The van der Waals surface area contributed by atoms with Gasteiger partial charge in [-0.15, -0.1) is 6.58 Å². The van der Waals surface area contributed by atoms with Crippen molar-refractivity contribution in [3.05, 3.63) is 96.1 Å². The topological polar surface area (TPSA) is 80.2 Å². The number of aryl methyl sites for hydroxylation is 1. The third kappa shape index (κ3) is 8.04. The zero-order chi connectivity index (χ0) is 25.9. The zero-order valence-electron chi connectivity index (χ0n) is 21.2. The molecule has 0 radical (unpaired) electrons. The summed E-state index contributed by atoms with van der Waals surface area (Å²) in [5.74, 6) is 2.13. The molecule has 0 fully saturated rings. The highest BCUT2D eigenvalue weighted by Crippen LogP contribution is 2.31. The average Bonchev–Trinajstić information content (AvgIpc) is 2.90. The molecule has 0 bridgehead atoms. The van der Waals surface area contributed by atoms with Crippen molar-refractivity contribution in [2.45, 2.75) is 38.3 Å². The molecule has 0 spiro atoms. The lowest BCUT2D eigenvalue weighted by Gasteiger charge is -2.32. The molecule has 3 aromatic rings. The molecule has 36 heavy (non-hydrogen) atoms. The second kappa shape index (κ2) is 14.0. The molecule has 1 aromatic heterocycles. The van der Waals surface area contributed by atoms with Crippen molar-refractivity contribution in [3.8, 4) is 11.5 Å². The minimum atomic E-state index is -0.438. The molecule has 0 saturated heterocycles. The number of aromatic nitrogens is 2. The van der Waals surface area contributed by atoms with E-state index in [1.807, 2.05) is 67.4 Å². The number of hydrogen-bond donors (Lipinski definition) is 1. The maximum absolute atomic E-state index is 11.2. The zero-order valence-corrected chi connectivity index (χ0v) is 22.0. The first kappa shape index (κ1) is 27.6. The molecule has 1 N–H and O–H groups in total. The summed E-state index contributed by atoms with van der Waals surface area (Å²) in [6.45, 7) is 8.96. The third-order valence-corrected chi connectivity index (χ3v) is 6.43. The number of rotatable bonds is 14. The Morgan fingerprint density at radius 3 is 1.89 bits per heavy atom. The van der Waals surface area contributed by atoms with Crippen LogP contribution >= 0.6 is 11.9 Å². The van der Waals surface area contributed by atoms with Gasteiger partial charge in [0.15, 0.2) is 5.82 Å². The molecule has 1 heterocycles. The van der Waals surface area contributed by atoms with E-state index < -0.39 is 6.10 Å². The second-order valence-corrected chi connectivity index (χ2v) is 9.52. The highest BCUT2D eigenvalue weighted by atomic mass is 32.2. The van der Waals surface area contributed by atoms with Crippen LogP contribution in [0.2, 0.25) is 0 Å². The van der Waals surface area contributed by atoms with Gasteiger partial charge in [-0.05, 0) is 66.8 Å². The molecule has 192 valence electrons. The van der Waals surface area contributed by atoms with Crippen LogP contribution in [0, 0.1) is 6.92 Å². The summed E-state index contributed by atoms with van der Waals surface area (Å²) in [5, 5.41) is 12.9. The first-order valence-electron chi connectivity index (χ1n) is 11.6. The van der Waals surface area contributed by atoms with E-state index in [-0.39, 0.29) is 5.25 Å². The molecule has 2 unspecified atom stereocenters. The molecule has 0 amide bonds. The van der Waals surface area contributed by atoms with E-state index in [1.165, 1.54) is 16.5 Å². The SMILES string of the molecule is C=CCOC(c1ncc(C)cn1)C(C)SN(O)N(Cc1ccc(OC)cc1)Cc1ccc(OC)cc1. The molecule has 0 saturated carbocycles. The number of nitrogens with zero attached hydrogens (tertiary/aromatic N) is 4. The lowest BCUT2D eigenvalue weighted by Crippen LogP contribution is -2.37. The Balaban J connectivity index is 1.79. The fourth-order valence-corrected chi connectivity index (χ4v) is 4.33. The number of hydrazine groups is 1. The smallest absolute Gasteiger partial charge is 0.158 e. The predicted molar refractivity (Wildman–Crippen MR) is 142 cm³/mol. The summed E-state index contributed by atoms with van der Waals surface area (Å²) in [5.41, 5.74) is 3.02. The number of benzene rings is 2. The minimum Gasteiger partial charge on any atom is -0.497 e. The lowest BCUT2D eigenvalue weighted by molar-refractivity contribution is -0.169. The van der Waals surface area contributed by atoms with Crippen molar-refractivity contribution >= 4 is 11.9 Å². The normalized spacial score (nSPS) is 13.0. The van der Waals surface area contributed by atoms with Gasteiger partial charge in [-0.2, -0.15) is 5.01 Å². The monoisotopic (exact) mass is 510 g/mol. The Morgan fingerprint density at radius 2 is 1.44 bits per heavy atom. The fourth-order valence-electron chi connectivity index (χ4n) is 3.47. The average molecular weight is 511 g/mol. The van der Waals surface area contributed by atoms with Crippen LogP contribution in [0.4, 0.5) is 0 Å². The van der Waals surface area contributed by atoms with Gasteiger partial charge in [0.2, 0.25) is 0 Å². The molecule has 3 rings (SSSR count). The number of ether oxygens (including phenoxy) is 3. The molecule has 2 atom stereocenters. The maximum Gasteiger partial charge on any atom is 0.158 e. The van der Waals surface area contributed by atoms with Gasteiger partial charge in [-0.1, -0.05) is 34.9 Å². The van der Waals surface area contributed by atoms with Crippen LogP contribution in [0.5, 0.6) is 11.5 Å². The quantitative estimate of drug-likeness (QED) is 0.174. The minimum absolute atomic E-state index is 0.202. The standard InChI is InChI=1S/C27H34N4O4S/c1-6-15-35-26(27-28-16-20(2)17-29-27)21(3)36-31(32)30(18-22-7-11-24(33-4)12-8-22)19-23-9-13-25(34-5)14-10-23/h6-14,16-17,21,26,32H,1,15,18-19H2,2-5H3. The van der Waals surface area contributed by atoms with Crippen LogP contribution in [0.25, 0.3) is 0 Å². The first-order valence-corrected chi connectivity index (χ1v) is 12.4. The van der Waals surface area contributed by atoms with Crippen molar-refractivity contribution in [1.82, 2.24) is 19.6 Å². The molecular formula is C27H34N4O4S. The van der Waals surface area contributed by atoms with Crippen LogP contribution in [0.1, 0.15) is 35.5 Å². The number of hydrogen-bond acceptors (Lipinski definition) is 9. The van der Waals surface area contributed by atoms with E-state index >= 15 is 0 Å². The maximum atomic E-state index is 11.2. The van der Waals surface area contributed by atoms with Crippen LogP contribution in [-0.2, 0) is 17.8 Å². The molecular weight excluding hydrogens is 476 g/mol. The Hall–Kier alpha value is -2.95. The summed E-state index contributed by atoms with van der Waals surface area (Å²) >= 11 is 1.25. The van der Waals surface area contributed by atoms with Gasteiger partial charge in [-0.3, -0.25) is 5.21 Å². The van der Waals surface area contributed by atoms with Crippen LogP contribution < -0.4 is 9.47 Å². The lowest BCUT2D eigenvalue weighted by atomic mass is 10.2. The molecule has 0 aliphatic carbocycles. The summed E-state index contributed by atoms with van der Waals surface area (Å²) in [6.07, 6.45) is 4.78. The van der Waals surface area contributed by atoms with Gasteiger partial charge in [0, 0.05) is 25.5 Å². The first-order chi connectivity index (χ1) is 17.4. The highest BCUT2D eigenvalue weighted by Gasteiger charge is 2.28. The van der Waals surface area contributed by atoms with Crippen LogP contribution in [0.15, 0.2) is 73.6 Å². The molecule has 8 nitrogen and oxygen atoms in total. The van der Waals surface area contributed by atoms with Crippen molar-refractivity contribution in [3.63, 3.8) is 0 Å². The van der Waals surface area contributed by atoms with Gasteiger partial charge in [0.05, 0.1) is 26.1 Å². The summed E-state index contributed by atoms with van der Waals surface area (Å²) in [4.78, 5) is 8.90. The second-order valence-electron chi connectivity index (χ2n) is 8.24. The van der Waals surface area contributed by atoms with E-state index in [9.17, 15) is 5.21 Å². The van der Waals surface area contributed by atoms with Gasteiger partial charge in [-0.25, -0.2) is 9.97 Å². The Labute approximate surface area is 217 Å². The summed E-state index contributed by atoms with van der Waals surface area (Å²) in [6, 6.07) is 15.6. The largest absolute Gasteiger partial charge is 0.497 e. The van der Waals surface area contributed by atoms with E-state index in [0.29, 0.717) is 25.5 Å². The molecule has 9 heteroatoms. The van der Waals surface area contributed by atoms with Crippen LogP contribution in [0.3, 0.4) is 0 Å². The van der Waals surface area contributed by atoms with E-state index in [4.69, 9.17) is 14.2 Å². The van der Waals surface area contributed by atoms with E-state index in [1.54, 1.807) is 32.7 Å². The Morgan fingerprint density at radius 1 is 0.944 bits per heavy atom. The van der Waals surface area contributed by atoms with Gasteiger partial charge in [0.1, 0.15) is 17.6 Å². The highest BCUT2D eigenvalue weighted by molar-refractivity contribution is 7.97. The number of methoxy groups -OCH3 is 2. The van der Waals surface area contributed by atoms with Gasteiger partial charge < -0.3 is 14.2 Å². The van der Waals surface area contributed by atoms with E-state index in [2.05, 4.69) is 16.5 Å². The van der Waals surface area contributed by atoms with Gasteiger partial charge >= 0.3 is 0 Å². The molecule has 0 aliphatic heterocycles. The van der Waals surface area contributed by atoms with Crippen molar-refractivity contribution in [1.29, 1.82) is 0 Å². The van der Waals surface area contributed by atoms with Crippen molar-refractivity contribution in [2.24, 2.45) is 0 Å². The van der Waals surface area contributed by atoms with E-state index in [0.717, 1.165) is 28.2 Å². The Kier molecular flexibility index (Phi) is 10.7. The predicted octanol–water partition coefficient (Wildman–Crippen LogP) is 5.39. The van der Waals surface area contributed by atoms with Crippen LogP contribution in [-0.4, -0.2) is 50.8 Å². The molecule has 2 aromatic carbocycles. The summed E-state index contributed by atoms with van der Waals surface area (Å²) < 4.78 is 17.7. The molecule has 0 aliphatic rings. The fraction of sp³-hybridized carbons (Fsp3) is 0.333. The third-order valence-electron chi connectivity index (χ3n) is 5.43.